The van der Waals surface area contributed by atoms with Gasteiger partial charge < -0.3 is 25.4 Å². The molecule has 0 spiro atoms. The van der Waals surface area contributed by atoms with Crippen molar-refractivity contribution in [1.29, 1.82) is 0 Å². The van der Waals surface area contributed by atoms with Crippen LogP contribution in [0.1, 0.15) is 39.1 Å². The Labute approximate surface area is 170 Å². The van der Waals surface area contributed by atoms with Crippen LogP contribution in [0.3, 0.4) is 0 Å². The minimum absolute atomic E-state index is 0.0474. The summed E-state index contributed by atoms with van der Waals surface area (Å²) in [7, 11) is 3.11. The molecule has 1 saturated heterocycles. The lowest BCUT2D eigenvalue weighted by Gasteiger charge is -2.32. The van der Waals surface area contributed by atoms with Crippen LogP contribution >= 0.6 is 0 Å². The first-order valence-corrected chi connectivity index (χ1v) is 9.67. The number of nitrogens with zero attached hydrogens (tertiary/aromatic N) is 1. The number of nitrogens with one attached hydrogen (secondary N) is 1. The SMILES string of the molecule is COc1ccc(C(=O)N2CCC(NC(=O)c3ccc(CN)cc3)CC2)cc1OC. The van der Waals surface area contributed by atoms with Crippen LogP contribution in [0, 0.1) is 0 Å². The molecule has 7 heteroatoms. The van der Waals surface area contributed by atoms with Gasteiger partial charge >= 0.3 is 0 Å². The lowest BCUT2D eigenvalue weighted by Crippen LogP contribution is -2.46. The number of ether oxygens (including phenoxy) is 2. The van der Waals surface area contributed by atoms with E-state index in [1.807, 2.05) is 12.1 Å². The summed E-state index contributed by atoms with van der Waals surface area (Å²) in [6.45, 7) is 1.63. The zero-order chi connectivity index (χ0) is 20.8. The van der Waals surface area contributed by atoms with E-state index < -0.39 is 0 Å². The Hall–Kier alpha value is -3.06. The van der Waals surface area contributed by atoms with Gasteiger partial charge in [-0.15, -0.1) is 0 Å². The maximum absolute atomic E-state index is 12.8. The minimum atomic E-state index is -0.0989. The van der Waals surface area contributed by atoms with Gasteiger partial charge in [0.2, 0.25) is 0 Å². The Balaban J connectivity index is 1.55. The Morgan fingerprint density at radius 2 is 1.62 bits per heavy atom. The smallest absolute Gasteiger partial charge is 0.253 e. The molecule has 7 nitrogen and oxygen atoms in total. The van der Waals surface area contributed by atoms with Crippen molar-refractivity contribution >= 4 is 11.8 Å². The van der Waals surface area contributed by atoms with Crippen LogP contribution in [0.5, 0.6) is 11.5 Å². The summed E-state index contributed by atoms with van der Waals surface area (Å²) >= 11 is 0. The Morgan fingerprint density at radius 1 is 1.00 bits per heavy atom. The molecular formula is C22H27N3O4. The summed E-state index contributed by atoms with van der Waals surface area (Å²) in [5, 5.41) is 3.06. The fourth-order valence-corrected chi connectivity index (χ4v) is 3.44. The number of amides is 2. The van der Waals surface area contributed by atoms with Gasteiger partial charge in [0, 0.05) is 36.8 Å². The highest BCUT2D eigenvalue weighted by Crippen LogP contribution is 2.28. The predicted molar refractivity (Wildman–Crippen MR) is 110 cm³/mol. The van der Waals surface area contributed by atoms with Crippen molar-refractivity contribution in [2.75, 3.05) is 27.3 Å². The minimum Gasteiger partial charge on any atom is -0.493 e. The van der Waals surface area contributed by atoms with Gasteiger partial charge in [0.1, 0.15) is 0 Å². The Kier molecular flexibility index (Phi) is 6.72. The summed E-state index contributed by atoms with van der Waals surface area (Å²) in [5.41, 5.74) is 7.76. The van der Waals surface area contributed by atoms with Gasteiger partial charge in [0.15, 0.2) is 11.5 Å². The predicted octanol–water partition coefficient (Wildman–Crippen LogP) is 2.20. The monoisotopic (exact) mass is 397 g/mol. The third kappa shape index (κ3) is 4.86. The van der Waals surface area contributed by atoms with E-state index in [0.29, 0.717) is 55.1 Å². The highest BCUT2D eigenvalue weighted by molar-refractivity contribution is 5.95. The average molecular weight is 397 g/mol. The summed E-state index contributed by atoms with van der Waals surface area (Å²) in [6.07, 6.45) is 1.43. The van der Waals surface area contributed by atoms with Crippen molar-refractivity contribution in [3.63, 3.8) is 0 Å². The molecule has 0 saturated carbocycles. The van der Waals surface area contributed by atoms with Gasteiger partial charge in [-0.05, 0) is 48.7 Å². The third-order valence-electron chi connectivity index (χ3n) is 5.20. The van der Waals surface area contributed by atoms with E-state index in [4.69, 9.17) is 15.2 Å². The number of piperidine rings is 1. The molecule has 0 bridgehead atoms. The maximum atomic E-state index is 12.8. The maximum Gasteiger partial charge on any atom is 0.253 e. The highest BCUT2D eigenvalue weighted by atomic mass is 16.5. The molecule has 2 amide bonds. The van der Waals surface area contributed by atoms with Gasteiger partial charge in [-0.25, -0.2) is 0 Å². The first-order valence-electron chi connectivity index (χ1n) is 9.67. The van der Waals surface area contributed by atoms with Crippen molar-refractivity contribution in [1.82, 2.24) is 10.2 Å². The first kappa shape index (κ1) is 20.7. The summed E-state index contributed by atoms with van der Waals surface area (Å²) in [5.74, 6) is 0.970. The standard InChI is InChI=1S/C22H27N3O4/c1-28-19-8-7-17(13-20(19)29-2)22(27)25-11-9-18(10-12-25)24-21(26)16-5-3-15(14-23)4-6-16/h3-8,13,18H,9-12,14,23H2,1-2H3,(H,24,26). The van der Waals surface area contributed by atoms with Crippen molar-refractivity contribution in [2.45, 2.75) is 25.4 Å². The second kappa shape index (κ2) is 9.43. The molecule has 1 fully saturated rings. The molecule has 0 unspecified atom stereocenters. The van der Waals surface area contributed by atoms with E-state index in [2.05, 4.69) is 5.32 Å². The van der Waals surface area contributed by atoms with E-state index in [0.717, 1.165) is 5.56 Å². The van der Waals surface area contributed by atoms with Gasteiger partial charge in [0.25, 0.3) is 11.8 Å². The van der Waals surface area contributed by atoms with Crippen molar-refractivity contribution in [3.8, 4) is 11.5 Å². The number of benzene rings is 2. The Morgan fingerprint density at radius 3 is 2.21 bits per heavy atom. The zero-order valence-electron chi connectivity index (χ0n) is 16.8. The van der Waals surface area contributed by atoms with Crippen LogP contribution in [0.25, 0.3) is 0 Å². The first-order chi connectivity index (χ1) is 14.0. The number of methoxy groups -OCH3 is 2. The molecule has 1 aliphatic heterocycles. The van der Waals surface area contributed by atoms with E-state index in [1.54, 1.807) is 49.5 Å². The van der Waals surface area contributed by atoms with Gasteiger partial charge in [0.05, 0.1) is 14.2 Å². The Bertz CT molecular complexity index is 859. The van der Waals surface area contributed by atoms with E-state index in [-0.39, 0.29) is 17.9 Å². The number of nitrogens with two attached hydrogens (primary N) is 1. The average Bonchev–Trinajstić information content (AvgIpc) is 2.78. The highest BCUT2D eigenvalue weighted by Gasteiger charge is 2.25. The van der Waals surface area contributed by atoms with E-state index in [1.165, 1.54) is 0 Å². The van der Waals surface area contributed by atoms with Crippen molar-refractivity contribution in [3.05, 3.63) is 59.2 Å². The molecular weight excluding hydrogens is 370 g/mol. The molecule has 3 rings (SSSR count). The number of hydrogen-bond acceptors (Lipinski definition) is 5. The molecule has 2 aromatic rings. The molecule has 2 aromatic carbocycles. The summed E-state index contributed by atoms with van der Waals surface area (Å²) in [6, 6.07) is 12.5. The molecule has 0 atom stereocenters. The fraction of sp³-hybridized carbons (Fsp3) is 0.364. The van der Waals surface area contributed by atoms with Crippen LogP contribution < -0.4 is 20.5 Å². The third-order valence-corrected chi connectivity index (χ3v) is 5.20. The number of hydrogen-bond donors (Lipinski definition) is 2. The van der Waals surface area contributed by atoms with Crippen LogP contribution in [0.4, 0.5) is 0 Å². The van der Waals surface area contributed by atoms with E-state index >= 15 is 0 Å². The number of rotatable bonds is 6. The van der Waals surface area contributed by atoms with Gasteiger partial charge in [-0.2, -0.15) is 0 Å². The summed E-state index contributed by atoms with van der Waals surface area (Å²) in [4.78, 5) is 27.0. The molecule has 1 heterocycles. The lowest BCUT2D eigenvalue weighted by atomic mass is 10.0. The number of carbonyl (C=O) groups excluding carboxylic acids is 2. The summed E-state index contributed by atoms with van der Waals surface area (Å²) < 4.78 is 10.5. The normalized spacial score (nSPS) is 14.4. The van der Waals surface area contributed by atoms with Crippen LogP contribution in [-0.4, -0.2) is 50.1 Å². The molecule has 0 aromatic heterocycles. The van der Waals surface area contributed by atoms with Crippen molar-refractivity contribution < 1.29 is 19.1 Å². The lowest BCUT2D eigenvalue weighted by molar-refractivity contribution is 0.0697. The topological polar surface area (TPSA) is 93.9 Å². The molecule has 0 radical (unpaired) electrons. The van der Waals surface area contributed by atoms with Crippen LogP contribution in [0.15, 0.2) is 42.5 Å². The van der Waals surface area contributed by atoms with Gasteiger partial charge in [-0.1, -0.05) is 12.1 Å². The largest absolute Gasteiger partial charge is 0.493 e. The molecule has 0 aliphatic carbocycles. The second-order valence-electron chi connectivity index (χ2n) is 7.01. The number of carbonyl (C=O) groups is 2. The van der Waals surface area contributed by atoms with Gasteiger partial charge in [-0.3, -0.25) is 9.59 Å². The van der Waals surface area contributed by atoms with Crippen LogP contribution in [-0.2, 0) is 6.54 Å². The van der Waals surface area contributed by atoms with E-state index in [9.17, 15) is 9.59 Å². The van der Waals surface area contributed by atoms with Crippen LogP contribution in [0.2, 0.25) is 0 Å². The second-order valence-corrected chi connectivity index (χ2v) is 7.01. The number of likely N-dealkylation sites (tertiary alicyclic amines) is 1. The molecule has 1 aliphatic rings. The fourth-order valence-electron chi connectivity index (χ4n) is 3.44. The van der Waals surface area contributed by atoms with Crippen molar-refractivity contribution in [2.24, 2.45) is 5.73 Å². The quantitative estimate of drug-likeness (QED) is 0.779. The molecule has 3 N–H and O–H groups in total. The molecule has 154 valence electrons. The zero-order valence-corrected chi connectivity index (χ0v) is 16.8. The molecule has 29 heavy (non-hydrogen) atoms.